The number of H-pyrrole nitrogens is 1. The van der Waals surface area contributed by atoms with E-state index >= 15 is 0 Å². The second-order valence-electron chi connectivity index (χ2n) is 4.83. The molecule has 5 nitrogen and oxygen atoms in total. The second kappa shape index (κ2) is 5.31. The van der Waals surface area contributed by atoms with Gasteiger partial charge in [0.25, 0.3) is 10.0 Å². The zero-order valence-electron chi connectivity index (χ0n) is 11.4. The van der Waals surface area contributed by atoms with Gasteiger partial charge in [0.05, 0.1) is 12.5 Å². The summed E-state index contributed by atoms with van der Waals surface area (Å²) >= 11 is 0. The summed E-state index contributed by atoms with van der Waals surface area (Å²) in [6.07, 6.45) is 2.63. The van der Waals surface area contributed by atoms with Crippen LogP contribution in [0.4, 0.5) is 0 Å². The number of sulfonamides is 1. The molecular weight excluding hydrogens is 286 g/mol. The van der Waals surface area contributed by atoms with Crippen molar-refractivity contribution in [1.82, 2.24) is 14.7 Å². The van der Waals surface area contributed by atoms with Crippen molar-refractivity contribution < 1.29 is 8.42 Å². The lowest BCUT2D eigenvalue weighted by Crippen LogP contribution is -2.27. The predicted molar refractivity (Wildman–Crippen MR) is 81.3 cm³/mol. The van der Waals surface area contributed by atoms with E-state index in [1.165, 1.54) is 12.5 Å². The van der Waals surface area contributed by atoms with Crippen LogP contribution in [0.5, 0.6) is 0 Å². The molecule has 0 saturated heterocycles. The van der Waals surface area contributed by atoms with Gasteiger partial charge in [0.1, 0.15) is 0 Å². The molecule has 21 heavy (non-hydrogen) atoms. The van der Waals surface area contributed by atoms with Crippen LogP contribution in [0, 0.1) is 0 Å². The van der Waals surface area contributed by atoms with E-state index in [1.807, 2.05) is 49.4 Å². The minimum absolute atomic E-state index is 0.0644. The Hall–Kier alpha value is -2.18. The van der Waals surface area contributed by atoms with Crippen LogP contribution in [0.3, 0.4) is 0 Å². The number of imidazole rings is 1. The molecule has 0 amide bonds. The molecule has 2 aromatic carbocycles. The van der Waals surface area contributed by atoms with Crippen molar-refractivity contribution in [2.24, 2.45) is 0 Å². The first-order valence-corrected chi connectivity index (χ1v) is 8.04. The van der Waals surface area contributed by atoms with Gasteiger partial charge in [-0.1, -0.05) is 42.5 Å². The topological polar surface area (TPSA) is 74.8 Å². The normalized spacial score (nSPS) is 13.4. The Balaban J connectivity index is 1.97. The maximum atomic E-state index is 12.2. The third kappa shape index (κ3) is 2.68. The van der Waals surface area contributed by atoms with E-state index in [9.17, 15) is 8.42 Å². The number of aromatic nitrogens is 2. The van der Waals surface area contributed by atoms with Gasteiger partial charge in [-0.25, -0.2) is 18.1 Å². The summed E-state index contributed by atoms with van der Waals surface area (Å²) in [7, 11) is -3.60. The van der Waals surface area contributed by atoms with Crippen LogP contribution in [0.2, 0.25) is 0 Å². The fourth-order valence-corrected chi connectivity index (χ4v) is 3.50. The van der Waals surface area contributed by atoms with Crippen molar-refractivity contribution in [2.75, 3.05) is 0 Å². The molecule has 0 bridgehead atoms. The maximum absolute atomic E-state index is 12.2. The first-order valence-electron chi connectivity index (χ1n) is 6.56. The average molecular weight is 301 g/mol. The van der Waals surface area contributed by atoms with Gasteiger partial charge in [-0.2, -0.15) is 0 Å². The van der Waals surface area contributed by atoms with Gasteiger partial charge >= 0.3 is 0 Å². The Kier molecular flexibility index (Phi) is 3.48. The van der Waals surface area contributed by atoms with Crippen LogP contribution in [0.25, 0.3) is 10.8 Å². The molecule has 3 rings (SSSR count). The molecule has 0 aliphatic heterocycles. The zero-order chi connectivity index (χ0) is 14.9. The Morgan fingerprint density at radius 3 is 2.67 bits per heavy atom. The molecule has 0 fully saturated rings. The number of rotatable bonds is 4. The molecule has 0 radical (unpaired) electrons. The molecular formula is C15H15N3O2S. The highest BCUT2D eigenvalue weighted by Crippen LogP contribution is 2.25. The van der Waals surface area contributed by atoms with Gasteiger partial charge in [-0.3, -0.25) is 0 Å². The maximum Gasteiger partial charge on any atom is 0.258 e. The van der Waals surface area contributed by atoms with Gasteiger partial charge in [0, 0.05) is 6.04 Å². The number of fused-ring (bicyclic) bond motifs is 1. The summed E-state index contributed by atoms with van der Waals surface area (Å²) in [6, 6.07) is 13.4. The fraction of sp³-hybridized carbons (Fsp3) is 0.133. The van der Waals surface area contributed by atoms with Crippen LogP contribution >= 0.6 is 0 Å². The monoisotopic (exact) mass is 301 g/mol. The Bertz CT molecular complexity index is 852. The fourth-order valence-electron chi connectivity index (χ4n) is 2.38. The van der Waals surface area contributed by atoms with Gasteiger partial charge in [-0.05, 0) is 23.3 Å². The smallest absolute Gasteiger partial charge is 0.258 e. The minimum Gasteiger partial charge on any atom is -0.335 e. The molecule has 1 atom stereocenters. The number of benzene rings is 2. The molecule has 3 aromatic rings. The van der Waals surface area contributed by atoms with Crippen molar-refractivity contribution in [3.63, 3.8) is 0 Å². The van der Waals surface area contributed by atoms with Crippen molar-refractivity contribution in [3.8, 4) is 0 Å². The number of nitrogens with zero attached hydrogens (tertiary/aromatic N) is 1. The summed E-state index contributed by atoms with van der Waals surface area (Å²) in [5.41, 5.74) is 0.941. The minimum atomic E-state index is -3.60. The van der Waals surface area contributed by atoms with Crippen LogP contribution in [0.1, 0.15) is 18.5 Å². The van der Waals surface area contributed by atoms with Crippen molar-refractivity contribution in [3.05, 3.63) is 60.6 Å². The Labute approximate surface area is 123 Å². The van der Waals surface area contributed by atoms with Crippen LogP contribution in [0.15, 0.2) is 60.0 Å². The van der Waals surface area contributed by atoms with Gasteiger partial charge in [0.15, 0.2) is 5.03 Å². The van der Waals surface area contributed by atoms with Crippen LogP contribution < -0.4 is 4.72 Å². The van der Waals surface area contributed by atoms with E-state index in [0.717, 1.165) is 16.3 Å². The van der Waals surface area contributed by atoms with Crippen LogP contribution in [-0.4, -0.2) is 18.4 Å². The summed E-state index contributed by atoms with van der Waals surface area (Å²) in [5.74, 6) is 0. The van der Waals surface area contributed by atoms with Crippen molar-refractivity contribution in [2.45, 2.75) is 18.0 Å². The summed E-state index contributed by atoms with van der Waals surface area (Å²) in [4.78, 5) is 6.35. The molecule has 6 heteroatoms. The van der Waals surface area contributed by atoms with Gasteiger partial charge in [-0.15, -0.1) is 0 Å². The molecule has 1 unspecified atom stereocenters. The quantitative estimate of drug-likeness (QED) is 0.778. The molecule has 0 spiro atoms. The SMILES string of the molecule is CC(NS(=O)(=O)c1cnc[nH]1)c1cccc2ccccc12. The number of hydrogen-bond donors (Lipinski definition) is 2. The zero-order valence-corrected chi connectivity index (χ0v) is 12.3. The standard InChI is InChI=1S/C15H15N3O2S/c1-11(18-21(19,20)15-9-16-10-17-15)13-8-4-6-12-5-2-3-7-14(12)13/h2-11,18H,1H3,(H,16,17). The first kappa shape index (κ1) is 13.8. The molecule has 0 saturated carbocycles. The lowest BCUT2D eigenvalue weighted by atomic mass is 10.0. The summed E-state index contributed by atoms with van der Waals surface area (Å²) in [6.45, 7) is 1.83. The predicted octanol–water partition coefficient (Wildman–Crippen LogP) is 2.60. The third-order valence-corrected chi connectivity index (χ3v) is 4.85. The number of hydrogen-bond acceptors (Lipinski definition) is 3. The first-order chi connectivity index (χ1) is 10.1. The van der Waals surface area contributed by atoms with E-state index < -0.39 is 10.0 Å². The lowest BCUT2D eigenvalue weighted by Gasteiger charge is -2.16. The van der Waals surface area contributed by atoms with E-state index in [-0.39, 0.29) is 11.1 Å². The molecule has 0 aliphatic rings. The largest absolute Gasteiger partial charge is 0.335 e. The van der Waals surface area contributed by atoms with Gasteiger partial charge < -0.3 is 4.98 Å². The highest BCUT2D eigenvalue weighted by Gasteiger charge is 2.20. The molecule has 0 aliphatic carbocycles. The second-order valence-corrected chi connectivity index (χ2v) is 6.51. The molecule has 1 heterocycles. The van der Waals surface area contributed by atoms with E-state index in [2.05, 4.69) is 14.7 Å². The number of nitrogens with one attached hydrogen (secondary N) is 2. The highest BCUT2D eigenvalue weighted by molar-refractivity contribution is 7.89. The van der Waals surface area contributed by atoms with Crippen molar-refractivity contribution >= 4 is 20.8 Å². The summed E-state index contributed by atoms with van der Waals surface area (Å²) in [5, 5.41) is 2.19. The highest BCUT2D eigenvalue weighted by atomic mass is 32.2. The average Bonchev–Trinajstić information content (AvgIpc) is 3.01. The van der Waals surface area contributed by atoms with E-state index in [1.54, 1.807) is 0 Å². The summed E-state index contributed by atoms with van der Waals surface area (Å²) < 4.78 is 27.1. The van der Waals surface area contributed by atoms with E-state index in [4.69, 9.17) is 0 Å². The van der Waals surface area contributed by atoms with E-state index in [0.29, 0.717) is 0 Å². The number of aromatic amines is 1. The van der Waals surface area contributed by atoms with Crippen LogP contribution in [-0.2, 0) is 10.0 Å². The molecule has 2 N–H and O–H groups in total. The van der Waals surface area contributed by atoms with Gasteiger partial charge in [0.2, 0.25) is 0 Å². The Morgan fingerprint density at radius 1 is 1.14 bits per heavy atom. The molecule has 108 valence electrons. The Morgan fingerprint density at radius 2 is 1.90 bits per heavy atom. The third-order valence-electron chi connectivity index (χ3n) is 3.38. The van der Waals surface area contributed by atoms with Crippen molar-refractivity contribution in [1.29, 1.82) is 0 Å². The lowest BCUT2D eigenvalue weighted by molar-refractivity contribution is 0.564. The molecule has 1 aromatic heterocycles.